The third-order valence-electron chi connectivity index (χ3n) is 2.71. The SMILES string of the molecule is CC(NC(=O)Cn1ccc(N)n1)c1ccc(F)cc1. The van der Waals surface area contributed by atoms with E-state index in [9.17, 15) is 9.18 Å². The van der Waals surface area contributed by atoms with Crippen LogP contribution in [-0.4, -0.2) is 15.7 Å². The lowest BCUT2D eigenvalue weighted by molar-refractivity contribution is -0.122. The topological polar surface area (TPSA) is 72.9 Å². The van der Waals surface area contributed by atoms with E-state index in [1.807, 2.05) is 6.92 Å². The van der Waals surface area contributed by atoms with Crippen molar-refractivity contribution in [3.63, 3.8) is 0 Å². The average molecular weight is 262 g/mol. The number of rotatable bonds is 4. The van der Waals surface area contributed by atoms with Gasteiger partial charge in [-0.1, -0.05) is 12.1 Å². The molecule has 6 heteroatoms. The van der Waals surface area contributed by atoms with E-state index in [0.717, 1.165) is 5.56 Å². The van der Waals surface area contributed by atoms with Gasteiger partial charge in [0.1, 0.15) is 18.2 Å². The third kappa shape index (κ3) is 3.54. The molecule has 3 N–H and O–H groups in total. The number of hydrogen-bond acceptors (Lipinski definition) is 3. The Morgan fingerprint density at radius 1 is 1.42 bits per heavy atom. The molecule has 0 bridgehead atoms. The van der Waals surface area contributed by atoms with Crippen LogP contribution in [0.2, 0.25) is 0 Å². The monoisotopic (exact) mass is 262 g/mol. The summed E-state index contributed by atoms with van der Waals surface area (Å²) in [7, 11) is 0. The molecular formula is C13H15FN4O. The van der Waals surface area contributed by atoms with Gasteiger partial charge in [-0.25, -0.2) is 4.39 Å². The van der Waals surface area contributed by atoms with Gasteiger partial charge in [-0.3, -0.25) is 9.48 Å². The first-order valence-corrected chi connectivity index (χ1v) is 5.88. The fraction of sp³-hybridized carbons (Fsp3) is 0.231. The second kappa shape index (κ2) is 5.51. The third-order valence-corrected chi connectivity index (χ3v) is 2.71. The molecule has 19 heavy (non-hydrogen) atoms. The maximum absolute atomic E-state index is 12.8. The number of nitrogens with zero attached hydrogens (tertiary/aromatic N) is 2. The Morgan fingerprint density at radius 3 is 2.68 bits per heavy atom. The van der Waals surface area contributed by atoms with Crippen LogP contribution < -0.4 is 11.1 Å². The molecule has 0 radical (unpaired) electrons. The van der Waals surface area contributed by atoms with Crippen LogP contribution >= 0.6 is 0 Å². The molecule has 1 unspecified atom stereocenters. The normalized spacial score (nSPS) is 12.1. The predicted octanol–water partition coefficient (Wildman–Crippen LogP) is 1.48. The summed E-state index contributed by atoms with van der Waals surface area (Å²) in [5.41, 5.74) is 6.30. The first kappa shape index (κ1) is 13.1. The molecule has 0 aliphatic heterocycles. The van der Waals surface area contributed by atoms with Crippen molar-refractivity contribution in [2.24, 2.45) is 0 Å². The highest BCUT2D eigenvalue weighted by atomic mass is 19.1. The van der Waals surface area contributed by atoms with Gasteiger partial charge in [-0.2, -0.15) is 5.10 Å². The van der Waals surface area contributed by atoms with Crippen molar-refractivity contribution >= 4 is 11.7 Å². The first-order chi connectivity index (χ1) is 9.04. The standard InChI is InChI=1S/C13H15FN4O/c1-9(10-2-4-11(14)5-3-10)16-13(19)8-18-7-6-12(15)17-18/h2-7,9H,8H2,1H3,(H2,15,17)(H,16,19). The highest BCUT2D eigenvalue weighted by Gasteiger charge is 2.10. The smallest absolute Gasteiger partial charge is 0.242 e. The number of aromatic nitrogens is 2. The number of benzene rings is 1. The second-order valence-corrected chi connectivity index (χ2v) is 4.28. The summed E-state index contributed by atoms with van der Waals surface area (Å²) in [6.07, 6.45) is 1.64. The molecule has 0 spiro atoms. The number of nitrogens with two attached hydrogens (primary N) is 1. The molecular weight excluding hydrogens is 247 g/mol. The van der Waals surface area contributed by atoms with Gasteiger partial charge in [0.15, 0.2) is 0 Å². The van der Waals surface area contributed by atoms with E-state index in [4.69, 9.17) is 5.73 Å². The minimum atomic E-state index is -0.297. The lowest BCUT2D eigenvalue weighted by atomic mass is 10.1. The Hall–Kier alpha value is -2.37. The predicted molar refractivity (Wildman–Crippen MR) is 69.6 cm³/mol. The lowest BCUT2D eigenvalue weighted by Crippen LogP contribution is -2.30. The van der Waals surface area contributed by atoms with Crippen molar-refractivity contribution in [3.8, 4) is 0 Å². The summed E-state index contributed by atoms with van der Waals surface area (Å²) in [6.45, 7) is 1.94. The molecule has 2 aromatic rings. The minimum Gasteiger partial charge on any atom is -0.382 e. The summed E-state index contributed by atoms with van der Waals surface area (Å²) in [4.78, 5) is 11.8. The highest BCUT2D eigenvalue weighted by molar-refractivity contribution is 5.76. The highest BCUT2D eigenvalue weighted by Crippen LogP contribution is 2.12. The van der Waals surface area contributed by atoms with Crippen molar-refractivity contribution in [3.05, 3.63) is 47.9 Å². The van der Waals surface area contributed by atoms with E-state index in [2.05, 4.69) is 10.4 Å². The van der Waals surface area contributed by atoms with Gasteiger partial charge in [0.25, 0.3) is 0 Å². The van der Waals surface area contributed by atoms with Crippen molar-refractivity contribution in [1.29, 1.82) is 0 Å². The van der Waals surface area contributed by atoms with Gasteiger partial charge < -0.3 is 11.1 Å². The fourth-order valence-corrected chi connectivity index (χ4v) is 1.73. The van der Waals surface area contributed by atoms with Crippen molar-refractivity contribution in [2.45, 2.75) is 19.5 Å². The molecule has 0 aliphatic rings. The average Bonchev–Trinajstić information content (AvgIpc) is 2.75. The van der Waals surface area contributed by atoms with Crippen molar-refractivity contribution in [2.75, 3.05) is 5.73 Å². The molecule has 0 saturated heterocycles. The molecule has 0 saturated carbocycles. The van der Waals surface area contributed by atoms with Gasteiger partial charge in [-0.15, -0.1) is 0 Å². The minimum absolute atomic E-state index is 0.0999. The van der Waals surface area contributed by atoms with E-state index in [1.165, 1.54) is 16.8 Å². The number of halogens is 1. The fourth-order valence-electron chi connectivity index (χ4n) is 1.73. The molecule has 100 valence electrons. The molecule has 5 nitrogen and oxygen atoms in total. The van der Waals surface area contributed by atoms with Crippen LogP contribution in [0.25, 0.3) is 0 Å². The second-order valence-electron chi connectivity index (χ2n) is 4.28. The maximum Gasteiger partial charge on any atom is 0.242 e. The van der Waals surface area contributed by atoms with Gasteiger partial charge in [0, 0.05) is 6.20 Å². The van der Waals surface area contributed by atoms with Crippen LogP contribution in [0.5, 0.6) is 0 Å². The zero-order valence-corrected chi connectivity index (χ0v) is 10.5. The molecule has 1 aromatic heterocycles. The molecule has 0 fully saturated rings. The lowest BCUT2D eigenvalue weighted by Gasteiger charge is -2.14. The number of carbonyl (C=O) groups is 1. The van der Waals surface area contributed by atoms with Gasteiger partial charge >= 0.3 is 0 Å². The van der Waals surface area contributed by atoms with Gasteiger partial charge in [-0.05, 0) is 30.7 Å². The van der Waals surface area contributed by atoms with Crippen molar-refractivity contribution < 1.29 is 9.18 Å². The molecule has 1 aromatic carbocycles. The summed E-state index contributed by atoms with van der Waals surface area (Å²) >= 11 is 0. The number of anilines is 1. The maximum atomic E-state index is 12.8. The van der Waals surface area contributed by atoms with Crippen LogP contribution in [0.1, 0.15) is 18.5 Å². The Kier molecular flexibility index (Phi) is 3.79. The summed E-state index contributed by atoms with van der Waals surface area (Å²) in [5, 5.41) is 6.74. The van der Waals surface area contributed by atoms with Crippen LogP contribution in [0.15, 0.2) is 36.5 Å². The Bertz CT molecular complexity index is 564. The zero-order chi connectivity index (χ0) is 13.8. The van der Waals surface area contributed by atoms with E-state index < -0.39 is 0 Å². The van der Waals surface area contributed by atoms with Gasteiger partial charge in [0.05, 0.1) is 6.04 Å². The van der Waals surface area contributed by atoms with Gasteiger partial charge in [0.2, 0.25) is 5.91 Å². The molecule has 0 aliphatic carbocycles. The zero-order valence-electron chi connectivity index (χ0n) is 10.5. The summed E-state index contributed by atoms with van der Waals surface area (Å²) < 4.78 is 14.3. The number of amides is 1. The number of nitrogens with one attached hydrogen (secondary N) is 1. The summed E-state index contributed by atoms with van der Waals surface area (Å²) in [5.74, 6) is -0.103. The first-order valence-electron chi connectivity index (χ1n) is 5.88. The Morgan fingerprint density at radius 2 is 2.11 bits per heavy atom. The quantitative estimate of drug-likeness (QED) is 0.876. The summed E-state index contributed by atoms with van der Waals surface area (Å²) in [6, 6.07) is 7.45. The Labute approximate surface area is 110 Å². The molecule has 1 atom stereocenters. The number of nitrogen functional groups attached to an aromatic ring is 1. The van der Waals surface area contributed by atoms with Crippen LogP contribution in [-0.2, 0) is 11.3 Å². The number of carbonyl (C=O) groups excluding carboxylic acids is 1. The molecule has 1 amide bonds. The van der Waals surface area contributed by atoms with Crippen LogP contribution in [0.3, 0.4) is 0 Å². The van der Waals surface area contributed by atoms with Crippen LogP contribution in [0.4, 0.5) is 10.2 Å². The van der Waals surface area contributed by atoms with Crippen LogP contribution in [0, 0.1) is 5.82 Å². The number of hydrogen-bond donors (Lipinski definition) is 2. The molecule has 1 heterocycles. The largest absolute Gasteiger partial charge is 0.382 e. The van der Waals surface area contributed by atoms with E-state index >= 15 is 0 Å². The van der Waals surface area contributed by atoms with E-state index in [1.54, 1.807) is 24.4 Å². The van der Waals surface area contributed by atoms with Crippen molar-refractivity contribution in [1.82, 2.24) is 15.1 Å². The molecule has 2 rings (SSSR count). The van der Waals surface area contributed by atoms with E-state index in [-0.39, 0.29) is 24.3 Å². The van der Waals surface area contributed by atoms with E-state index in [0.29, 0.717) is 5.82 Å². The Balaban J connectivity index is 1.93.